The summed E-state index contributed by atoms with van der Waals surface area (Å²) in [5.41, 5.74) is 3.36. The van der Waals surface area contributed by atoms with Crippen molar-refractivity contribution >= 4 is 40.0 Å². The molecule has 8 nitrogen and oxygen atoms in total. The molecule has 2 aromatic carbocycles. The molecule has 1 atom stereocenters. The molecule has 0 saturated carbocycles. The number of aliphatic hydroxyl groups excluding tert-OH is 1. The number of anilines is 1. The zero-order valence-electron chi connectivity index (χ0n) is 19.0. The van der Waals surface area contributed by atoms with Gasteiger partial charge in [-0.1, -0.05) is 48.5 Å². The Morgan fingerprint density at radius 3 is 2.56 bits per heavy atom. The highest BCUT2D eigenvalue weighted by atomic mass is 32.1. The number of hydrogen-bond donors (Lipinski definition) is 2. The van der Waals surface area contributed by atoms with Crippen LogP contribution in [0.15, 0.2) is 90.5 Å². The smallest absolute Gasteiger partial charge is 0.296 e. The number of hydrogen-bond acceptors (Lipinski definition) is 7. The molecule has 1 unspecified atom stereocenters. The summed E-state index contributed by atoms with van der Waals surface area (Å²) in [5, 5.41) is 11.7. The first-order valence-electron chi connectivity index (χ1n) is 11.2. The largest absolute Gasteiger partial charge is 0.503 e. The Hall–Kier alpha value is -4.63. The summed E-state index contributed by atoms with van der Waals surface area (Å²) >= 11 is 1.23. The predicted molar refractivity (Wildman–Crippen MR) is 137 cm³/mol. The third-order valence-corrected chi connectivity index (χ3v) is 7.29. The van der Waals surface area contributed by atoms with E-state index < -0.39 is 23.5 Å². The van der Waals surface area contributed by atoms with Gasteiger partial charge < -0.3 is 10.1 Å². The van der Waals surface area contributed by atoms with Crippen molar-refractivity contribution in [1.82, 2.24) is 19.9 Å². The number of thiazole rings is 1. The number of Topliss-reactive ketones (excluding diaryl/α,β-unsaturated/α-hetero) is 1. The SMILES string of the molecule is Cc1nc(-c2ccccc2)sc1C(=O)C1=C(O)C(=O)N(c2nc3ccccc3[nH]2)C1c1cccnc1. The molecule has 0 saturated heterocycles. The number of imidazole rings is 1. The Morgan fingerprint density at radius 2 is 1.81 bits per heavy atom. The monoisotopic (exact) mass is 493 g/mol. The number of nitrogens with one attached hydrogen (secondary N) is 1. The number of benzene rings is 2. The molecule has 3 aromatic heterocycles. The van der Waals surface area contributed by atoms with E-state index in [-0.39, 0.29) is 11.5 Å². The van der Waals surface area contributed by atoms with Gasteiger partial charge in [0.15, 0.2) is 5.76 Å². The highest BCUT2D eigenvalue weighted by Gasteiger charge is 2.46. The van der Waals surface area contributed by atoms with E-state index in [0.717, 1.165) is 11.1 Å². The quantitative estimate of drug-likeness (QED) is 0.327. The van der Waals surface area contributed by atoms with E-state index in [0.29, 0.717) is 26.7 Å². The van der Waals surface area contributed by atoms with Crippen LogP contribution >= 0.6 is 11.3 Å². The first-order chi connectivity index (χ1) is 17.5. The minimum Gasteiger partial charge on any atom is -0.503 e. The number of aryl methyl sites for hydroxylation is 1. The molecule has 0 bridgehead atoms. The van der Waals surface area contributed by atoms with Gasteiger partial charge in [-0.05, 0) is 30.7 Å². The highest BCUT2D eigenvalue weighted by molar-refractivity contribution is 7.17. The minimum atomic E-state index is -0.916. The lowest BCUT2D eigenvalue weighted by atomic mass is 9.96. The third-order valence-electron chi connectivity index (χ3n) is 6.08. The second kappa shape index (κ2) is 8.54. The van der Waals surface area contributed by atoms with Gasteiger partial charge in [0, 0.05) is 18.0 Å². The lowest BCUT2D eigenvalue weighted by molar-refractivity contribution is -0.117. The summed E-state index contributed by atoms with van der Waals surface area (Å²) < 4.78 is 0. The van der Waals surface area contributed by atoms with Crippen LogP contribution in [0.1, 0.15) is 27.0 Å². The van der Waals surface area contributed by atoms with Crippen molar-refractivity contribution in [2.24, 2.45) is 0 Å². The Balaban J connectivity index is 1.48. The number of pyridine rings is 1. The van der Waals surface area contributed by atoms with Crippen LogP contribution in [-0.2, 0) is 4.79 Å². The van der Waals surface area contributed by atoms with Gasteiger partial charge in [-0.25, -0.2) is 9.97 Å². The van der Waals surface area contributed by atoms with E-state index in [4.69, 9.17) is 0 Å². The van der Waals surface area contributed by atoms with Gasteiger partial charge in [-0.15, -0.1) is 11.3 Å². The second-order valence-corrected chi connectivity index (χ2v) is 9.33. The van der Waals surface area contributed by atoms with Crippen LogP contribution in [0.2, 0.25) is 0 Å². The molecule has 36 heavy (non-hydrogen) atoms. The maximum Gasteiger partial charge on any atom is 0.296 e. The summed E-state index contributed by atoms with van der Waals surface area (Å²) in [4.78, 5) is 45.5. The number of rotatable bonds is 5. The molecule has 1 aliphatic heterocycles. The number of amides is 1. The Labute approximate surface area is 209 Å². The number of aromatic amines is 1. The molecule has 0 radical (unpaired) electrons. The molecular weight excluding hydrogens is 474 g/mol. The van der Waals surface area contributed by atoms with Gasteiger partial charge >= 0.3 is 0 Å². The number of H-pyrrole nitrogens is 1. The molecule has 0 aliphatic carbocycles. The van der Waals surface area contributed by atoms with Crippen molar-refractivity contribution in [3.63, 3.8) is 0 Å². The normalized spacial score (nSPS) is 15.8. The Kier molecular flexibility index (Phi) is 5.19. The Morgan fingerprint density at radius 1 is 1.03 bits per heavy atom. The van der Waals surface area contributed by atoms with Crippen LogP contribution in [0, 0.1) is 6.92 Å². The van der Waals surface area contributed by atoms with Crippen LogP contribution in [-0.4, -0.2) is 36.7 Å². The number of aromatic nitrogens is 4. The molecule has 0 spiro atoms. The van der Waals surface area contributed by atoms with E-state index in [1.54, 1.807) is 31.5 Å². The van der Waals surface area contributed by atoms with Gasteiger partial charge in [0.2, 0.25) is 11.7 Å². The van der Waals surface area contributed by atoms with Crippen LogP contribution < -0.4 is 4.90 Å². The first kappa shape index (κ1) is 21.9. The maximum absolute atomic E-state index is 13.9. The number of nitrogens with zero attached hydrogens (tertiary/aromatic N) is 4. The minimum absolute atomic E-state index is 0.0279. The van der Waals surface area contributed by atoms with Gasteiger partial charge in [-0.2, -0.15) is 0 Å². The molecule has 2 N–H and O–H groups in total. The number of aliphatic hydroxyl groups is 1. The summed E-state index contributed by atoms with van der Waals surface area (Å²) in [7, 11) is 0. The van der Waals surface area contributed by atoms with Crippen molar-refractivity contribution in [2.75, 3.05) is 4.90 Å². The number of ketones is 1. The van der Waals surface area contributed by atoms with Gasteiger partial charge in [-0.3, -0.25) is 19.5 Å². The molecule has 9 heteroatoms. The molecule has 1 aliphatic rings. The maximum atomic E-state index is 13.9. The number of carbonyl (C=O) groups excluding carboxylic acids is 2. The second-order valence-electron chi connectivity index (χ2n) is 8.33. The van der Waals surface area contributed by atoms with Gasteiger partial charge in [0.05, 0.1) is 33.2 Å². The lowest BCUT2D eigenvalue weighted by Crippen LogP contribution is -2.32. The molecule has 1 amide bonds. The summed E-state index contributed by atoms with van der Waals surface area (Å²) in [5.74, 6) is -1.54. The molecule has 0 fully saturated rings. The third kappa shape index (κ3) is 3.48. The average molecular weight is 494 g/mol. The van der Waals surface area contributed by atoms with Crippen LogP contribution in [0.25, 0.3) is 21.6 Å². The van der Waals surface area contributed by atoms with Crippen molar-refractivity contribution < 1.29 is 14.7 Å². The standard InChI is InChI=1S/C27H19N5O3S/c1-15-24(36-25(29-15)16-8-3-2-4-9-16)22(33)20-21(17-10-7-13-28-14-17)32(26(35)23(20)34)27-30-18-11-5-6-12-19(18)31-27/h2-14,21,34H,1H3,(H,30,31). The average Bonchev–Trinajstić information content (AvgIpc) is 3.58. The first-order valence-corrected chi connectivity index (χ1v) is 12.0. The summed E-state index contributed by atoms with van der Waals surface area (Å²) in [6, 6.07) is 19.5. The predicted octanol–water partition coefficient (Wildman–Crippen LogP) is 5.17. The molecular formula is C27H19N5O3S. The van der Waals surface area contributed by atoms with Crippen LogP contribution in [0.3, 0.4) is 0 Å². The highest BCUT2D eigenvalue weighted by Crippen LogP contribution is 2.42. The topological polar surface area (TPSA) is 112 Å². The lowest BCUT2D eigenvalue weighted by Gasteiger charge is -2.24. The molecule has 5 aromatic rings. The molecule has 4 heterocycles. The van der Waals surface area contributed by atoms with Crippen molar-refractivity contribution in [2.45, 2.75) is 13.0 Å². The molecule has 6 rings (SSSR count). The number of carbonyl (C=O) groups is 2. The van der Waals surface area contributed by atoms with Crippen LogP contribution in [0.4, 0.5) is 5.95 Å². The fourth-order valence-electron chi connectivity index (χ4n) is 4.40. The van der Waals surface area contributed by atoms with E-state index in [9.17, 15) is 14.7 Å². The zero-order chi connectivity index (χ0) is 24.8. The van der Waals surface area contributed by atoms with Crippen LogP contribution in [0.5, 0.6) is 0 Å². The van der Waals surface area contributed by atoms with E-state index in [1.807, 2.05) is 54.6 Å². The Bertz CT molecular complexity index is 1620. The number of para-hydroxylation sites is 2. The van der Waals surface area contributed by atoms with E-state index in [1.165, 1.54) is 16.2 Å². The van der Waals surface area contributed by atoms with Gasteiger partial charge in [0.25, 0.3) is 5.91 Å². The van der Waals surface area contributed by atoms with Gasteiger partial charge in [0.1, 0.15) is 5.01 Å². The van der Waals surface area contributed by atoms with E-state index in [2.05, 4.69) is 19.9 Å². The van der Waals surface area contributed by atoms with E-state index >= 15 is 0 Å². The van der Waals surface area contributed by atoms with Crippen molar-refractivity contribution in [3.8, 4) is 10.6 Å². The zero-order valence-corrected chi connectivity index (χ0v) is 19.9. The van der Waals surface area contributed by atoms with Crippen molar-refractivity contribution in [1.29, 1.82) is 0 Å². The fourth-order valence-corrected chi connectivity index (χ4v) is 5.42. The fraction of sp³-hybridized carbons (Fsp3) is 0.0741. The van der Waals surface area contributed by atoms with Crippen molar-refractivity contribution in [3.05, 3.63) is 107 Å². The number of fused-ring (bicyclic) bond motifs is 1. The summed E-state index contributed by atoms with van der Waals surface area (Å²) in [6.45, 7) is 1.75. The molecule has 176 valence electrons. The summed E-state index contributed by atoms with van der Waals surface area (Å²) in [6.07, 6.45) is 3.19.